The van der Waals surface area contributed by atoms with Crippen molar-refractivity contribution in [3.05, 3.63) is 33.1 Å². The van der Waals surface area contributed by atoms with E-state index in [1.807, 2.05) is 19.1 Å². The number of hydrogen-bond donors (Lipinski definition) is 1. The third-order valence-electron chi connectivity index (χ3n) is 2.50. The van der Waals surface area contributed by atoms with Crippen LogP contribution in [-0.2, 0) is 6.42 Å². The number of aromatic amines is 1. The van der Waals surface area contributed by atoms with Gasteiger partial charge in [-0.15, -0.1) is 11.3 Å². The lowest BCUT2D eigenvalue weighted by atomic mass is 10.1. The van der Waals surface area contributed by atoms with Gasteiger partial charge in [0.2, 0.25) is 0 Å². The number of thiazole rings is 1. The van der Waals surface area contributed by atoms with Crippen molar-refractivity contribution in [1.82, 2.24) is 4.98 Å². The Morgan fingerprint density at radius 3 is 2.53 bits per heavy atom. The van der Waals surface area contributed by atoms with Crippen molar-refractivity contribution in [2.45, 2.75) is 20.3 Å². The zero-order valence-corrected chi connectivity index (χ0v) is 11.6. The molecule has 2 rings (SSSR count). The summed E-state index contributed by atoms with van der Waals surface area (Å²) in [6, 6.07) is 8.12. The fourth-order valence-electron chi connectivity index (χ4n) is 1.73. The number of H-pyrrole nitrogens is 1. The van der Waals surface area contributed by atoms with Crippen LogP contribution in [0.1, 0.15) is 18.7 Å². The molecule has 1 heterocycles. The zero-order valence-electron chi connectivity index (χ0n) is 9.95. The van der Waals surface area contributed by atoms with E-state index >= 15 is 0 Å². The summed E-state index contributed by atoms with van der Waals surface area (Å²) in [4.78, 5) is 4.56. The van der Waals surface area contributed by atoms with E-state index in [9.17, 15) is 0 Å². The molecule has 0 aliphatic rings. The maximum Gasteiger partial charge on any atom is 0.159 e. The van der Waals surface area contributed by atoms with Gasteiger partial charge in [0.05, 0.1) is 12.3 Å². The van der Waals surface area contributed by atoms with E-state index in [0.29, 0.717) is 6.61 Å². The summed E-state index contributed by atoms with van der Waals surface area (Å²) in [7, 11) is 0. The molecule has 1 N–H and O–H groups in total. The summed E-state index contributed by atoms with van der Waals surface area (Å²) in [5, 5.41) is 0. The second-order valence-corrected chi connectivity index (χ2v) is 5.40. The Morgan fingerprint density at radius 2 is 1.94 bits per heavy atom. The van der Waals surface area contributed by atoms with Crippen molar-refractivity contribution in [1.29, 1.82) is 0 Å². The summed E-state index contributed by atoms with van der Waals surface area (Å²) in [5.74, 6) is 0.906. The van der Waals surface area contributed by atoms with Crippen LogP contribution in [0.25, 0.3) is 11.3 Å². The quantitative estimate of drug-likeness (QED) is 0.827. The van der Waals surface area contributed by atoms with Crippen LogP contribution in [-0.4, -0.2) is 11.6 Å². The van der Waals surface area contributed by atoms with Crippen LogP contribution in [0, 0.1) is 3.95 Å². The first-order valence-electron chi connectivity index (χ1n) is 5.69. The molecule has 0 unspecified atom stereocenters. The molecule has 1 aromatic carbocycles. The van der Waals surface area contributed by atoms with Gasteiger partial charge in [0.15, 0.2) is 3.95 Å². The van der Waals surface area contributed by atoms with Crippen molar-refractivity contribution >= 4 is 23.6 Å². The van der Waals surface area contributed by atoms with Crippen LogP contribution >= 0.6 is 23.6 Å². The van der Waals surface area contributed by atoms with Gasteiger partial charge < -0.3 is 9.72 Å². The summed E-state index contributed by atoms with van der Waals surface area (Å²) in [6.45, 7) is 4.83. The molecule has 0 amide bonds. The summed E-state index contributed by atoms with van der Waals surface area (Å²) >= 11 is 6.84. The normalized spacial score (nSPS) is 10.5. The van der Waals surface area contributed by atoms with Gasteiger partial charge in [-0.1, -0.05) is 6.92 Å². The molecule has 2 nitrogen and oxygen atoms in total. The summed E-state index contributed by atoms with van der Waals surface area (Å²) < 4.78 is 6.27. The molecule has 0 aliphatic carbocycles. The number of rotatable bonds is 4. The highest BCUT2D eigenvalue weighted by Crippen LogP contribution is 2.28. The topological polar surface area (TPSA) is 25.0 Å². The number of nitrogens with one attached hydrogen (secondary N) is 1. The Hall–Kier alpha value is -1.13. The van der Waals surface area contributed by atoms with E-state index < -0.39 is 0 Å². The van der Waals surface area contributed by atoms with E-state index in [2.05, 4.69) is 24.0 Å². The maximum atomic E-state index is 5.43. The van der Waals surface area contributed by atoms with Gasteiger partial charge >= 0.3 is 0 Å². The van der Waals surface area contributed by atoms with E-state index in [1.165, 1.54) is 4.88 Å². The highest BCUT2D eigenvalue weighted by Gasteiger charge is 2.07. The Kier molecular flexibility index (Phi) is 3.97. The first-order valence-corrected chi connectivity index (χ1v) is 6.92. The summed E-state index contributed by atoms with van der Waals surface area (Å²) in [6.07, 6.45) is 1.00. The number of aryl methyl sites for hydroxylation is 1. The highest BCUT2D eigenvalue weighted by atomic mass is 32.1. The first-order chi connectivity index (χ1) is 8.24. The lowest BCUT2D eigenvalue weighted by Crippen LogP contribution is -1.91. The number of ether oxygens (including phenoxy) is 1. The predicted octanol–water partition coefficient (Wildman–Crippen LogP) is 4.43. The fourth-order valence-corrected chi connectivity index (χ4v) is 2.92. The molecule has 0 bridgehead atoms. The Labute approximate surface area is 110 Å². The minimum atomic E-state index is 0.695. The standard InChI is InChI=1S/C13H15NOS2/c1-3-11-12(14-13(16)17-11)9-5-7-10(8-6-9)15-4-2/h5-8H,3-4H2,1-2H3,(H,14,16). The van der Waals surface area contributed by atoms with Crippen LogP contribution in [0.2, 0.25) is 0 Å². The number of aromatic nitrogens is 1. The molecular formula is C13H15NOS2. The zero-order chi connectivity index (χ0) is 12.3. The summed E-state index contributed by atoms with van der Waals surface area (Å²) in [5.41, 5.74) is 2.31. The molecule has 1 aromatic heterocycles. The smallest absolute Gasteiger partial charge is 0.159 e. The Balaban J connectivity index is 2.35. The van der Waals surface area contributed by atoms with Crippen molar-refractivity contribution in [3.8, 4) is 17.0 Å². The molecule has 0 aliphatic heterocycles. The number of hydrogen-bond acceptors (Lipinski definition) is 3. The second kappa shape index (κ2) is 5.47. The lowest BCUT2D eigenvalue weighted by molar-refractivity contribution is 0.340. The Bertz CT molecular complexity index is 539. The predicted molar refractivity (Wildman–Crippen MR) is 75.5 cm³/mol. The first kappa shape index (κ1) is 12.3. The molecule has 90 valence electrons. The van der Waals surface area contributed by atoms with Crippen molar-refractivity contribution in [2.24, 2.45) is 0 Å². The molecule has 0 spiro atoms. The van der Waals surface area contributed by atoms with Crippen LogP contribution < -0.4 is 4.74 Å². The molecule has 0 atom stereocenters. The van der Waals surface area contributed by atoms with Crippen molar-refractivity contribution < 1.29 is 4.74 Å². The van der Waals surface area contributed by atoms with Gasteiger partial charge in [0.25, 0.3) is 0 Å². The van der Waals surface area contributed by atoms with Crippen LogP contribution in [0.4, 0.5) is 0 Å². The van der Waals surface area contributed by atoms with E-state index in [1.54, 1.807) is 11.3 Å². The maximum absolute atomic E-state index is 5.43. The SMILES string of the molecule is CCOc1ccc(-c2[nH]c(=S)sc2CC)cc1. The molecule has 0 saturated heterocycles. The fraction of sp³-hybridized carbons (Fsp3) is 0.308. The van der Waals surface area contributed by atoms with Crippen molar-refractivity contribution in [2.75, 3.05) is 6.61 Å². The lowest BCUT2D eigenvalue weighted by Gasteiger charge is -2.05. The van der Waals surface area contributed by atoms with Crippen LogP contribution in [0.3, 0.4) is 0 Å². The molecular weight excluding hydrogens is 250 g/mol. The van der Waals surface area contributed by atoms with E-state index in [0.717, 1.165) is 27.4 Å². The van der Waals surface area contributed by atoms with Gasteiger partial charge in [-0.3, -0.25) is 0 Å². The second-order valence-electron chi connectivity index (χ2n) is 3.62. The highest BCUT2D eigenvalue weighted by molar-refractivity contribution is 7.73. The van der Waals surface area contributed by atoms with Gasteiger partial charge in [-0.05, 0) is 55.4 Å². The molecule has 0 saturated carbocycles. The third kappa shape index (κ3) is 2.76. The van der Waals surface area contributed by atoms with Crippen LogP contribution in [0.15, 0.2) is 24.3 Å². The minimum absolute atomic E-state index is 0.695. The van der Waals surface area contributed by atoms with Gasteiger partial charge in [-0.25, -0.2) is 0 Å². The molecule has 4 heteroatoms. The third-order valence-corrected chi connectivity index (χ3v) is 3.88. The largest absolute Gasteiger partial charge is 0.494 e. The van der Waals surface area contributed by atoms with E-state index in [4.69, 9.17) is 17.0 Å². The van der Waals surface area contributed by atoms with Crippen LogP contribution in [0.5, 0.6) is 5.75 Å². The molecule has 0 fully saturated rings. The molecule has 0 radical (unpaired) electrons. The Morgan fingerprint density at radius 1 is 1.24 bits per heavy atom. The van der Waals surface area contributed by atoms with Gasteiger partial charge in [-0.2, -0.15) is 0 Å². The van der Waals surface area contributed by atoms with Gasteiger partial charge in [0.1, 0.15) is 5.75 Å². The van der Waals surface area contributed by atoms with E-state index in [-0.39, 0.29) is 0 Å². The average molecular weight is 265 g/mol. The molecule has 2 aromatic rings. The molecule has 17 heavy (non-hydrogen) atoms. The minimum Gasteiger partial charge on any atom is -0.494 e. The average Bonchev–Trinajstić information content (AvgIpc) is 2.72. The number of benzene rings is 1. The monoisotopic (exact) mass is 265 g/mol. The van der Waals surface area contributed by atoms with Crippen molar-refractivity contribution in [3.63, 3.8) is 0 Å². The van der Waals surface area contributed by atoms with Gasteiger partial charge in [0, 0.05) is 4.88 Å².